The first-order valence-corrected chi connectivity index (χ1v) is 29.9. The molecular weight excluding hydrogens is 906 g/mol. The number of hydrogen-bond acceptors (Lipinski definition) is 6. The number of rotatable bonds is 6. The average Bonchev–Trinajstić information content (AvgIpc) is 3.08. The van der Waals surface area contributed by atoms with Crippen LogP contribution in [-0.4, -0.2) is 78.1 Å². The summed E-state index contributed by atoms with van der Waals surface area (Å²) in [5.41, 5.74) is 0. The van der Waals surface area contributed by atoms with Gasteiger partial charge in [-0.2, -0.15) is 0 Å². The minimum absolute atomic E-state index is 0.0367. The van der Waals surface area contributed by atoms with E-state index in [1.165, 1.54) is 23.6 Å². The zero-order valence-corrected chi connectivity index (χ0v) is 38.3. The van der Waals surface area contributed by atoms with Crippen molar-refractivity contribution in [1.29, 1.82) is 0 Å². The Bertz CT molecular complexity index is 537. The predicted molar refractivity (Wildman–Crippen MR) is 190 cm³/mol. The molecule has 0 aromatic carbocycles. The van der Waals surface area contributed by atoms with Crippen molar-refractivity contribution in [2.75, 3.05) is 0 Å². The first kappa shape index (κ1) is 45.4. The van der Waals surface area contributed by atoms with Gasteiger partial charge in [0, 0.05) is 0 Å². The van der Waals surface area contributed by atoms with Gasteiger partial charge in [-0.05, 0) is 0 Å². The Hall–Kier alpha value is 2.29. The molecule has 6 nitrogen and oxygen atoms in total. The molecule has 6 aliphatic rings. The third-order valence-electron chi connectivity index (χ3n) is 11.0. The van der Waals surface area contributed by atoms with E-state index in [9.17, 15) is 0 Å². The van der Waals surface area contributed by atoms with Gasteiger partial charge in [0.05, 0.1) is 0 Å². The standard InChI is InChI=1S/6C6H11.2BO3.3Sn/c6*1-2-4-6-5-3-1;2*2-1(3)4;;;/h6*1H,2-6H2;;;;;/q;;;;;;2*-3;3*+2. The summed E-state index contributed by atoms with van der Waals surface area (Å²) < 4.78 is 7.75. The molecule has 0 atom stereocenters. The SMILES string of the molecule is C1CC[CH]([Sn+2][CH]2CCCCC2)CC1.C1CC[CH]([Sn+2][CH]2CCCCC2)CC1.C1CC[CH]([Sn+2][CH]2CCCCC2)CC1.[O-]B([O-])[O-].[O-]B([O-])[O-]. The van der Waals surface area contributed by atoms with Crippen LogP contribution in [0.5, 0.6) is 0 Å². The molecule has 0 saturated heterocycles. The summed E-state index contributed by atoms with van der Waals surface area (Å²) in [7, 11) is -5.83. The average molecular weight is 973 g/mol. The molecule has 0 amide bonds. The summed E-state index contributed by atoms with van der Waals surface area (Å²) in [5.74, 6) is 0. The predicted octanol–water partition coefficient (Wildman–Crippen LogP) is 4.69. The summed E-state index contributed by atoms with van der Waals surface area (Å²) >= 11 is 0.110. The molecule has 0 heterocycles. The van der Waals surface area contributed by atoms with Gasteiger partial charge in [0.2, 0.25) is 0 Å². The summed E-state index contributed by atoms with van der Waals surface area (Å²) in [6, 6.07) is 0. The van der Waals surface area contributed by atoms with Crippen molar-refractivity contribution in [3.63, 3.8) is 0 Å². The van der Waals surface area contributed by atoms with Crippen LogP contribution in [0.15, 0.2) is 0 Å². The second-order valence-electron chi connectivity index (χ2n) is 15.1. The molecule has 47 heavy (non-hydrogen) atoms. The van der Waals surface area contributed by atoms with E-state index in [1.807, 2.05) is 0 Å². The van der Waals surface area contributed by atoms with E-state index in [4.69, 9.17) is 30.1 Å². The molecule has 6 fully saturated rings. The van der Waals surface area contributed by atoms with Crippen molar-refractivity contribution in [1.82, 2.24) is 0 Å². The summed E-state index contributed by atoms with van der Waals surface area (Å²) in [6.45, 7) is 0. The van der Waals surface area contributed by atoms with E-state index in [-0.39, 0.29) is 63.4 Å². The van der Waals surface area contributed by atoms with Crippen LogP contribution in [-0.2, 0) is 0 Å². The van der Waals surface area contributed by atoms with Crippen LogP contribution in [0.3, 0.4) is 0 Å². The van der Waals surface area contributed by atoms with Gasteiger partial charge in [0.1, 0.15) is 0 Å². The minimum Gasteiger partial charge on any atom is -0.907 e. The van der Waals surface area contributed by atoms with Crippen molar-refractivity contribution >= 4 is 78.1 Å². The van der Waals surface area contributed by atoms with E-state index >= 15 is 0 Å². The number of hydrogen-bond donors (Lipinski definition) is 0. The topological polar surface area (TPSA) is 138 Å². The van der Waals surface area contributed by atoms with Crippen LogP contribution in [0.1, 0.15) is 193 Å². The minimum atomic E-state index is -2.92. The largest absolute Gasteiger partial charge is 0.907 e. The third-order valence-corrected chi connectivity index (χ3v) is 29.0. The van der Waals surface area contributed by atoms with Crippen LogP contribution in [0.25, 0.3) is 0 Å². The first-order chi connectivity index (χ1) is 22.8. The molecule has 0 aliphatic heterocycles. The fourth-order valence-corrected chi connectivity index (χ4v) is 27.0. The zero-order chi connectivity index (χ0) is 34.0. The first-order valence-electron chi connectivity index (χ1n) is 20.0. The van der Waals surface area contributed by atoms with Crippen LogP contribution in [0, 0.1) is 0 Å². The fourth-order valence-electron chi connectivity index (χ4n) is 8.62. The van der Waals surface area contributed by atoms with Crippen LogP contribution >= 0.6 is 0 Å². The van der Waals surface area contributed by atoms with Crippen molar-refractivity contribution in [3.8, 4) is 0 Å². The Morgan fingerprint density at radius 2 is 0.340 bits per heavy atom. The molecule has 264 valence electrons. The molecule has 11 heteroatoms. The molecule has 6 rings (SSSR count). The monoisotopic (exact) mass is 976 g/mol. The molecule has 0 aromatic heterocycles. The maximum Gasteiger partial charge on any atom is -0.278 e. The van der Waals surface area contributed by atoms with E-state index in [0.717, 1.165) is 0 Å². The van der Waals surface area contributed by atoms with Crippen molar-refractivity contribution in [2.24, 2.45) is 0 Å². The molecule has 0 spiro atoms. The molecule has 6 saturated carbocycles. The Kier molecular flexibility index (Phi) is 29.7. The Morgan fingerprint density at radius 3 is 0.447 bits per heavy atom. The van der Waals surface area contributed by atoms with Gasteiger partial charge in [-0.3, -0.25) is 14.6 Å². The molecule has 0 bridgehead atoms. The van der Waals surface area contributed by atoms with Crippen molar-refractivity contribution < 1.29 is 30.1 Å². The van der Waals surface area contributed by atoms with Crippen LogP contribution in [0.4, 0.5) is 0 Å². The van der Waals surface area contributed by atoms with E-state index in [2.05, 4.69) is 0 Å². The van der Waals surface area contributed by atoms with E-state index in [0.29, 0.717) is 0 Å². The molecule has 0 aromatic rings. The van der Waals surface area contributed by atoms with Crippen molar-refractivity contribution in [3.05, 3.63) is 0 Å². The van der Waals surface area contributed by atoms with Gasteiger partial charge in [-0.25, -0.2) is 0 Å². The zero-order valence-electron chi connectivity index (χ0n) is 29.8. The molecule has 0 radical (unpaired) electrons. The smallest absolute Gasteiger partial charge is 0.278 e. The molecular formula is C36H66B2O6Sn3. The Balaban J connectivity index is 0.000000220. The van der Waals surface area contributed by atoms with E-state index in [1.54, 1.807) is 193 Å². The van der Waals surface area contributed by atoms with Gasteiger partial charge < -0.3 is 30.1 Å². The van der Waals surface area contributed by atoms with Gasteiger partial charge in [0.25, 0.3) is 0 Å². The normalized spacial score (nSPS) is 23.6. The van der Waals surface area contributed by atoms with Crippen molar-refractivity contribution in [2.45, 2.75) is 216 Å². The van der Waals surface area contributed by atoms with Crippen LogP contribution < -0.4 is 30.1 Å². The maximum absolute atomic E-state index is 8.42. The summed E-state index contributed by atoms with van der Waals surface area (Å²) in [6.07, 6.45) is 47.6. The van der Waals surface area contributed by atoms with Crippen LogP contribution in [0.2, 0.25) is 23.6 Å². The molecule has 6 aliphatic carbocycles. The second-order valence-corrected chi connectivity index (χ2v) is 31.9. The molecule has 0 unspecified atom stereocenters. The quantitative estimate of drug-likeness (QED) is 0.355. The summed E-state index contributed by atoms with van der Waals surface area (Å²) in [4.78, 5) is 0. The van der Waals surface area contributed by atoms with Gasteiger partial charge in [-0.15, -0.1) is 0 Å². The molecule has 0 N–H and O–H groups in total. The van der Waals surface area contributed by atoms with Gasteiger partial charge >= 0.3 is 280 Å². The Morgan fingerprint density at radius 1 is 0.234 bits per heavy atom. The van der Waals surface area contributed by atoms with E-state index < -0.39 is 14.6 Å². The van der Waals surface area contributed by atoms with Gasteiger partial charge in [0.15, 0.2) is 0 Å². The maximum atomic E-state index is 8.42. The Labute approximate surface area is 321 Å². The third kappa shape index (κ3) is 26.7. The second kappa shape index (κ2) is 30.7. The van der Waals surface area contributed by atoms with Gasteiger partial charge in [-0.1, -0.05) is 0 Å². The summed E-state index contributed by atoms with van der Waals surface area (Å²) in [5, 5.41) is 50.5. The fraction of sp³-hybridized carbons (Fsp3) is 1.00.